The fourth-order valence-corrected chi connectivity index (χ4v) is 6.01. The summed E-state index contributed by atoms with van der Waals surface area (Å²) in [6.45, 7) is 6.60. The molecule has 1 aliphatic heterocycles. The Hall–Kier alpha value is -3.20. The highest BCUT2D eigenvalue weighted by atomic mass is 32.2. The molecule has 1 atom stereocenters. The Bertz CT molecular complexity index is 1210. The molecule has 36 heavy (non-hydrogen) atoms. The third-order valence-corrected chi connectivity index (χ3v) is 8.16. The lowest BCUT2D eigenvalue weighted by molar-refractivity contribution is -0.141. The van der Waals surface area contributed by atoms with Gasteiger partial charge in [-0.25, -0.2) is 12.7 Å². The highest BCUT2D eigenvalue weighted by Crippen LogP contribution is 2.30. The summed E-state index contributed by atoms with van der Waals surface area (Å²) in [5, 5.41) is 2.93. The van der Waals surface area contributed by atoms with E-state index < -0.39 is 22.0 Å². The van der Waals surface area contributed by atoms with Gasteiger partial charge < -0.3 is 10.2 Å². The fraction of sp³-hybridized carbons (Fsp3) is 0.444. The number of aryl methyl sites for hydroxylation is 1. The van der Waals surface area contributed by atoms with Gasteiger partial charge in [-0.1, -0.05) is 62.2 Å². The Balaban J connectivity index is 1.73. The van der Waals surface area contributed by atoms with E-state index in [1.807, 2.05) is 45.0 Å². The molecule has 0 fully saturated rings. The molecule has 1 unspecified atom stereocenters. The van der Waals surface area contributed by atoms with Gasteiger partial charge in [0.05, 0.1) is 5.56 Å². The van der Waals surface area contributed by atoms with Crippen LogP contribution in [0, 0.1) is 6.92 Å². The third kappa shape index (κ3) is 6.13. The molecule has 0 spiro atoms. The van der Waals surface area contributed by atoms with Crippen LogP contribution in [0.5, 0.6) is 0 Å². The average molecular weight is 514 g/mol. The van der Waals surface area contributed by atoms with Crippen molar-refractivity contribution in [3.8, 4) is 0 Å². The quantitative estimate of drug-likeness (QED) is 0.437. The van der Waals surface area contributed by atoms with Crippen LogP contribution in [0.3, 0.4) is 0 Å². The second kappa shape index (κ2) is 12.2. The molecule has 9 heteroatoms. The number of unbranched alkanes of at least 4 members (excludes halogenated alkanes) is 1. The van der Waals surface area contributed by atoms with Crippen molar-refractivity contribution in [1.82, 2.24) is 14.5 Å². The minimum absolute atomic E-state index is 0.00259. The summed E-state index contributed by atoms with van der Waals surface area (Å²) in [6, 6.07) is 13.3. The van der Waals surface area contributed by atoms with Crippen LogP contribution in [0.1, 0.15) is 67.4 Å². The van der Waals surface area contributed by atoms with Crippen LogP contribution in [-0.4, -0.2) is 54.5 Å². The summed E-state index contributed by atoms with van der Waals surface area (Å²) in [7, 11) is -3.92. The monoisotopic (exact) mass is 513 g/mol. The highest BCUT2D eigenvalue weighted by Gasteiger charge is 2.40. The Kier molecular flexibility index (Phi) is 9.25. The van der Waals surface area contributed by atoms with Gasteiger partial charge in [0, 0.05) is 26.1 Å². The normalized spacial score (nSPS) is 14.9. The maximum absolute atomic E-state index is 13.4. The van der Waals surface area contributed by atoms with Crippen LogP contribution >= 0.6 is 0 Å². The molecular formula is C27H35N3O5S. The van der Waals surface area contributed by atoms with E-state index in [2.05, 4.69) is 5.32 Å². The lowest BCUT2D eigenvalue weighted by Crippen LogP contribution is -2.49. The van der Waals surface area contributed by atoms with Crippen LogP contribution in [0.25, 0.3) is 0 Å². The molecule has 3 amide bonds. The number of carbonyl (C=O) groups is 3. The predicted molar refractivity (Wildman–Crippen MR) is 138 cm³/mol. The van der Waals surface area contributed by atoms with Gasteiger partial charge in [0.15, 0.2) is 0 Å². The van der Waals surface area contributed by atoms with Gasteiger partial charge in [-0.05, 0) is 43.9 Å². The molecule has 2 aromatic carbocycles. The lowest BCUT2D eigenvalue weighted by atomic mass is 10.1. The van der Waals surface area contributed by atoms with Gasteiger partial charge in [0.25, 0.3) is 15.9 Å². The van der Waals surface area contributed by atoms with E-state index in [1.165, 1.54) is 12.1 Å². The molecule has 0 saturated heterocycles. The van der Waals surface area contributed by atoms with Crippen molar-refractivity contribution < 1.29 is 22.8 Å². The highest BCUT2D eigenvalue weighted by molar-refractivity contribution is 7.90. The Morgan fingerprint density at radius 3 is 2.47 bits per heavy atom. The first-order valence-corrected chi connectivity index (χ1v) is 13.9. The molecule has 0 aliphatic carbocycles. The maximum atomic E-state index is 13.4. The predicted octanol–water partition coefficient (Wildman–Crippen LogP) is 3.64. The summed E-state index contributed by atoms with van der Waals surface area (Å²) in [4.78, 5) is 40.6. The van der Waals surface area contributed by atoms with Gasteiger partial charge in [0.1, 0.15) is 10.9 Å². The number of hydrogen-bond acceptors (Lipinski definition) is 5. The van der Waals surface area contributed by atoms with E-state index in [0.29, 0.717) is 13.0 Å². The minimum atomic E-state index is -3.92. The second-order valence-electron chi connectivity index (χ2n) is 9.06. The number of hydrogen-bond donors (Lipinski definition) is 1. The van der Waals surface area contributed by atoms with Crippen molar-refractivity contribution in [2.24, 2.45) is 0 Å². The first-order chi connectivity index (χ1) is 17.2. The Morgan fingerprint density at radius 2 is 1.81 bits per heavy atom. The average Bonchev–Trinajstić information content (AvgIpc) is 3.04. The van der Waals surface area contributed by atoms with E-state index >= 15 is 0 Å². The number of carbonyl (C=O) groups excluding carboxylic acids is 3. The lowest BCUT2D eigenvalue weighted by Gasteiger charge is -2.31. The topological polar surface area (TPSA) is 104 Å². The standard InChI is InChI=1S/C27H35N3O5S/c1-4-6-16-28-26(32)23(5-2)29(19-21-12-9-11-20(3)18-21)25(31)15-10-17-30-27(33)22-13-7-8-14-24(22)36(30,34)35/h7-9,11-14,18,23H,4-6,10,15-17,19H2,1-3H3,(H,28,32). The van der Waals surface area contributed by atoms with E-state index in [1.54, 1.807) is 17.0 Å². The third-order valence-electron chi connectivity index (χ3n) is 6.31. The van der Waals surface area contributed by atoms with Gasteiger partial charge >= 0.3 is 0 Å². The zero-order valence-corrected chi connectivity index (χ0v) is 22.0. The molecule has 3 rings (SSSR count). The summed E-state index contributed by atoms with van der Waals surface area (Å²) >= 11 is 0. The first-order valence-electron chi connectivity index (χ1n) is 12.5. The number of fused-ring (bicyclic) bond motifs is 1. The van der Waals surface area contributed by atoms with Crippen molar-refractivity contribution >= 4 is 27.7 Å². The van der Waals surface area contributed by atoms with Crippen molar-refractivity contribution in [1.29, 1.82) is 0 Å². The van der Waals surface area contributed by atoms with Crippen molar-refractivity contribution in [3.05, 3.63) is 65.2 Å². The smallest absolute Gasteiger partial charge is 0.269 e. The molecule has 8 nitrogen and oxygen atoms in total. The number of nitrogens with one attached hydrogen (secondary N) is 1. The van der Waals surface area contributed by atoms with Crippen molar-refractivity contribution in [2.45, 2.75) is 70.4 Å². The van der Waals surface area contributed by atoms with E-state index in [0.717, 1.165) is 28.3 Å². The van der Waals surface area contributed by atoms with E-state index in [4.69, 9.17) is 0 Å². The summed E-state index contributed by atoms with van der Waals surface area (Å²) in [6.07, 6.45) is 2.43. The van der Waals surface area contributed by atoms with Crippen LogP contribution < -0.4 is 5.32 Å². The Morgan fingerprint density at radius 1 is 1.06 bits per heavy atom. The van der Waals surface area contributed by atoms with Gasteiger partial charge in [-0.15, -0.1) is 0 Å². The fourth-order valence-electron chi connectivity index (χ4n) is 4.40. The second-order valence-corrected chi connectivity index (χ2v) is 10.9. The molecular weight excluding hydrogens is 478 g/mol. The van der Waals surface area contributed by atoms with Crippen LogP contribution in [0.2, 0.25) is 0 Å². The molecule has 1 N–H and O–H groups in total. The minimum Gasteiger partial charge on any atom is -0.354 e. The van der Waals surface area contributed by atoms with E-state index in [9.17, 15) is 22.8 Å². The number of sulfonamides is 1. The number of rotatable bonds is 12. The SMILES string of the molecule is CCCCNC(=O)C(CC)N(Cc1cccc(C)c1)C(=O)CCCN1C(=O)c2ccccc2S1(=O)=O. The van der Waals surface area contributed by atoms with Gasteiger partial charge in [-0.2, -0.15) is 0 Å². The van der Waals surface area contributed by atoms with Crippen molar-refractivity contribution in [2.75, 3.05) is 13.1 Å². The summed E-state index contributed by atoms with van der Waals surface area (Å²) < 4.78 is 26.4. The molecule has 2 aromatic rings. The molecule has 0 radical (unpaired) electrons. The Labute approximate surface area is 213 Å². The van der Waals surface area contributed by atoms with Gasteiger partial charge in [-0.3, -0.25) is 14.4 Å². The van der Waals surface area contributed by atoms with Crippen LogP contribution in [0.15, 0.2) is 53.4 Å². The molecule has 0 saturated carbocycles. The van der Waals surface area contributed by atoms with Crippen LogP contribution in [0.4, 0.5) is 0 Å². The summed E-state index contributed by atoms with van der Waals surface area (Å²) in [5.74, 6) is -1.02. The van der Waals surface area contributed by atoms with E-state index in [-0.39, 0.29) is 48.2 Å². The zero-order chi connectivity index (χ0) is 26.3. The number of amides is 3. The number of benzene rings is 2. The van der Waals surface area contributed by atoms with Crippen molar-refractivity contribution in [3.63, 3.8) is 0 Å². The molecule has 1 aliphatic rings. The largest absolute Gasteiger partial charge is 0.354 e. The molecule has 0 bridgehead atoms. The van der Waals surface area contributed by atoms with Gasteiger partial charge in [0.2, 0.25) is 11.8 Å². The molecule has 194 valence electrons. The number of nitrogens with zero attached hydrogens (tertiary/aromatic N) is 2. The molecule has 0 aromatic heterocycles. The first kappa shape index (κ1) is 27.4. The summed E-state index contributed by atoms with van der Waals surface area (Å²) in [5.41, 5.74) is 2.12. The molecule has 1 heterocycles. The van der Waals surface area contributed by atoms with Crippen LogP contribution in [-0.2, 0) is 26.2 Å². The maximum Gasteiger partial charge on any atom is 0.269 e. The zero-order valence-electron chi connectivity index (χ0n) is 21.2.